The molecule has 1 aliphatic carbocycles. The molecule has 1 saturated carbocycles. The average Bonchev–Trinajstić information content (AvgIpc) is 3.97. The number of benzene rings is 2. The first-order valence-electron chi connectivity index (χ1n) is 17.0. The van der Waals surface area contributed by atoms with Crippen molar-refractivity contribution in [3.8, 4) is 0 Å². The molecule has 13 heteroatoms. The van der Waals surface area contributed by atoms with Gasteiger partial charge in [-0.15, -0.1) is 0 Å². The average molecular weight is 693 g/mol. The van der Waals surface area contributed by atoms with Crippen LogP contribution in [0.5, 0.6) is 0 Å². The number of aryl methyl sites for hydroxylation is 2. The van der Waals surface area contributed by atoms with Gasteiger partial charge in [-0.25, -0.2) is 14.2 Å². The standard InChI is InChI=1S/C38H37FN6O6/c1-3-42-20-27(33(46)25-12-9-22(2)40-35(25)42)36(48)41-30(17-23-7-5-4-6-8-23)37(49)44-15-13-43(14-16-44)32-19-31-26(18-29(32)39)34(47)28(38(50)51)21-45(31)24-10-11-24/h4-9,12,18-21,24,30H,3,10-11,13-17H2,1-2H3,(H,41,48)(H,50,51)/t30-/m0/s1. The lowest BCUT2D eigenvalue weighted by Crippen LogP contribution is -2.56. The van der Waals surface area contributed by atoms with E-state index in [0.29, 0.717) is 23.1 Å². The third-order valence-electron chi connectivity index (χ3n) is 9.74. The van der Waals surface area contributed by atoms with Gasteiger partial charge in [-0.3, -0.25) is 19.2 Å². The Morgan fingerprint density at radius 2 is 1.65 bits per heavy atom. The SMILES string of the molecule is CCn1cc(C(=O)N[C@@H](Cc2ccccc2)C(=O)N2CCN(c3cc4c(cc3F)c(=O)c(C(=O)O)cn4C3CC3)CC2)c(=O)c2ccc(C)nc21. The Hall–Kier alpha value is -5.85. The van der Waals surface area contributed by atoms with Crippen LogP contribution in [-0.2, 0) is 17.8 Å². The van der Waals surface area contributed by atoms with Gasteiger partial charge in [-0.05, 0) is 56.5 Å². The van der Waals surface area contributed by atoms with Crippen LogP contribution in [0.2, 0.25) is 0 Å². The van der Waals surface area contributed by atoms with Gasteiger partial charge in [0.2, 0.25) is 16.8 Å². The van der Waals surface area contributed by atoms with E-state index in [1.54, 1.807) is 37.1 Å². The third kappa shape index (κ3) is 6.46. The summed E-state index contributed by atoms with van der Waals surface area (Å²) < 4.78 is 19.1. The summed E-state index contributed by atoms with van der Waals surface area (Å²) in [6, 6.07) is 14.4. The Labute approximate surface area is 291 Å². The number of rotatable bonds is 9. The first-order chi connectivity index (χ1) is 24.5. The van der Waals surface area contributed by atoms with Crippen molar-refractivity contribution in [1.29, 1.82) is 0 Å². The highest BCUT2D eigenvalue weighted by atomic mass is 19.1. The lowest BCUT2D eigenvalue weighted by molar-refractivity contribution is -0.133. The zero-order valence-electron chi connectivity index (χ0n) is 28.3. The van der Waals surface area contributed by atoms with Gasteiger partial charge in [0.25, 0.3) is 5.91 Å². The van der Waals surface area contributed by atoms with Crippen molar-refractivity contribution in [2.75, 3.05) is 31.1 Å². The van der Waals surface area contributed by atoms with Crippen LogP contribution in [0.15, 0.2) is 76.6 Å². The monoisotopic (exact) mass is 692 g/mol. The normalized spacial score (nSPS) is 15.3. The highest BCUT2D eigenvalue weighted by Crippen LogP contribution is 2.38. The van der Waals surface area contributed by atoms with E-state index in [0.717, 1.165) is 30.2 Å². The van der Waals surface area contributed by atoms with Crippen LogP contribution in [-0.4, -0.2) is 74.1 Å². The van der Waals surface area contributed by atoms with Gasteiger partial charge in [0.1, 0.15) is 28.6 Å². The van der Waals surface area contributed by atoms with Crippen molar-refractivity contribution in [2.45, 2.75) is 51.7 Å². The Morgan fingerprint density at radius 3 is 2.31 bits per heavy atom. The van der Waals surface area contributed by atoms with Crippen molar-refractivity contribution < 1.29 is 23.9 Å². The van der Waals surface area contributed by atoms with Crippen LogP contribution in [0.4, 0.5) is 10.1 Å². The van der Waals surface area contributed by atoms with Gasteiger partial charge in [0, 0.05) is 68.7 Å². The molecule has 51 heavy (non-hydrogen) atoms. The van der Waals surface area contributed by atoms with E-state index in [4.69, 9.17) is 0 Å². The Bertz CT molecular complexity index is 2330. The van der Waals surface area contributed by atoms with E-state index in [-0.39, 0.29) is 61.2 Å². The van der Waals surface area contributed by atoms with E-state index < -0.39 is 40.2 Å². The summed E-state index contributed by atoms with van der Waals surface area (Å²) in [6.07, 6.45) is 4.68. The first kappa shape index (κ1) is 33.6. The van der Waals surface area contributed by atoms with Crippen molar-refractivity contribution in [1.82, 2.24) is 24.3 Å². The minimum absolute atomic E-state index is 0.0137. The summed E-state index contributed by atoms with van der Waals surface area (Å²) in [5, 5.41) is 12.7. The first-order valence-corrected chi connectivity index (χ1v) is 17.0. The molecule has 5 aromatic rings. The zero-order valence-corrected chi connectivity index (χ0v) is 28.3. The van der Waals surface area contributed by atoms with E-state index in [1.165, 1.54) is 12.4 Å². The molecule has 1 saturated heterocycles. The fourth-order valence-corrected chi connectivity index (χ4v) is 6.84. The highest BCUT2D eigenvalue weighted by molar-refractivity contribution is 5.99. The number of aromatic carboxylic acids is 1. The fraction of sp³-hybridized carbons (Fsp3) is 0.316. The van der Waals surface area contributed by atoms with E-state index in [2.05, 4.69) is 10.3 Å². The number of carboxylic acids is 1. The predicted molar refractivity (Wildman–Crippen MR) is 190 cm³/mol. The second-order valence-corrected chi connectivity index (χ2v) is 13.1. The largest absolute Gasteiger partial charge is 0.477 e. The Kier molecular flexibility index (Phi) is 8.88. The molecular weight excluding hydrogens is 655 g/mol. The fourth-order valence-electron chi connectivity index (χ4n) is 6.84. The Balaban J connectivity index is 1.14. The minimum Gasteiger partial charge on any atom is -0.477 e. The summed E-state index contributed by atoms with van der Waals surface area (Å²) >= 11 is 0. The number of hydrogen-bond donors (Lipinski definition) is 2. The Morgan fingerprint density at radius 1 is 0.941 bits per heavy atom. The summed E-state index contributed by atoms with van der Waals surface area (Å²) in [7, 11) is 0. The molecule has 12 nitrogen and oxygen atoms in total. The minimum atomic E-state index is -1.36. The molecule has 4 heterocycles. The van der Waals surface area contributed by atoms with E-state index >= 15 is 4.39 Å². The summed E-state index contributed by atoms with van der Waals surface area (Å²) in [4.78, 5) is 73.9. The number of nitrogens with one attached hydrogen (secondary N) is 1. The number of carbonyl (C=O) groups is 3. The zero-order chi connectivity index (χ0) is 36.0. The second-order valence-electron chi connectivity index (χ2n) is 13.1. The molecule has 1 atom stereocenters. The van der Waals surface area contributed by atoms with Gasteiger partial charge < -0.3 is 29.4 Å². The molecule has 0 bridgehead atoms. The molecule has 0 radical (unpaired) electrons. The maximum absolute atomic E-state index is 15.6. The van der Waals surface area contributed by atoms with Crippen LogP contribution in [0, 0.1) is 12.7 Å². The smallest absolute Gasteiger partial charge is 0.341 e. The lowest BCUT2D eigenvalue weighted by atomic mass is 10.0. The third-order valence-corrected chi connectivity index (χ3v) is 9.74. The molecule has 262 valence electrons. The summed E-state index contributed by atoms with van der Waals surface area (Å²) in [5.74, 6) is -3.00. The number of halogens is 1. The number of nitrogens with zero attached hydrogens (tertiary/aromatic N) is 5. The highest BCUT2D eigenvalue weighted by Gasteiger charge is 2.32. The molecule has 2 amide bonds. The maximum atomic E-state index is 15.6. The van der Waals surface area contributed by atoms with Crippen LogP contribution in [0.25, 0.3) is 21.9 Å². The summed E-state index contributed by atoms with van der Waals surface area (Å²) in [6.45, 7) is 5.21. The topological polar surface area (TPSA) is 147 Å². The van der Waals surface area contributed by atoms with Crippen LogP contribution < -0.4 is 21.1 Å². The molecule has 7 rings (SSSR count). The number of amides is 2. The molecule has 2 aromatic carbocycles. The molecular formula is C38H37FN6O6. The van der Waals surface area contributed by atoms with Crippen molar-refractivity contribution in [3.63, 3.8) is 0 Å². The quantitative estimate of drug-likeness (QED) is 0.237. The van der Waals surface area contributed by atoms with E-state index in [1.807, 2.05) is 44.2 Å². The molecule has 2 fully saturated rings. The van der Waals surface area contributed by atoms with Crippen molar-refractivity contribution in [3.05, 3.63) is 116 Å². The van der Waals surface area contributed by atoms with Gasteiger partial charge in [0.15, 0.2) is 0 Å². The molecule has 0 unspecified atom stereocenters. The number of carboxylic acid groups (broad SMARTS) is 1. The van der Waals surface area contributed by atoms with Crippen molar-refractivity contribution >= 4 is 45.4 Å². The number of aromatic nitrogens is 3. The molecule has 1 aliphatic heterocycles. The van der Waals surface area contributed by atoms with Crippen LogP contribution >= 0.6 is 0 Å². The molecule has 0 spiro atoms. The number of hydrogen-bond acceptors (Lipinski definition) is 7. The number of fused-ring (bicyclic) bond motifs is 2. The molecule has 3 aromatic heterocycles. The van der Waals surface area contributed by atoms with Crippen LogP contribution in [0.3, 0.4) is 0 Å². The second kappa shape index (κ2) is 13.5. The molecule has 2 aliphatic rings. The lowest BCUT2D eigenvalue weighted by Gasteiger charge is -2.38. The molecule has 2 N–H and O–H groups in total. The van der Waals surface area contributed by atoms with Gasteiger partial charge in [-0.2, -0.15) is 0 Å². The number of pyridine rings is 3. The van der Waals surface area contributed by atoms with E-state index in [9.17, 15) is 29.1 Å². The maximum Gasteiger partial charge on any atom is 0.341 e. The number of carbonyl (C=O) groups excluding carboxylic acids is 2. The van der Waals surface area contributed by atoms with Crippen molar-refractivity contribution in [2.24, 2.45) is 0 Å². The van der Waals surface area contributed by atoms with Gasteiger partial charge in [-0.1, -0.05) is 30.3 Å². The summed E-state index contributed by atoms with van der Waals surface area (Å²) in [5.41, 5.74) is 1.10. The van der Waals surface area contributed by atoms with Crippen LogP contribution in [0.1, 0.15) is 57.8 Å². The van der Waals surface area contributed by atoms with Gasteiger partial charge in [0.05, 0.1) is 16.6 Å². The number of piperazine rings is 1. The van der Waals surface area contributed by atoms with Gasteiger partial charge >= 0.3 is 5.97 Å². The number of anilines is 1. The predicted octanol–water partition coefficient (Wildman–Crippen LogP) is 3.90.